The maximum absolute atomic E-state index is 12.5. The van der Waals surface area contributed by atoms with Crippen molar-refractivity contribution in [1.82, 2.24) is 5.32 Å². The standard InChI is InChI=1S/C68H131NO5/c1-3-5-7-9-11-13-15-17-19-21-25-28-32-36-40-44-48-52-56-60-66(71)65(64-70)69-67(72)61-57-53-49-45-41-37-33-29-26-23-24-27-31-35-39-43-47-51-55-59-63-74-68(73)62-58-54-50-46-42-38-34-30-22-20-18-16-14-12-10-8-6-4-2/h23,26,56,60,65-66,70-71H,3-22,24-25,27-55,57-59,61-64H2,1-2H3,(H,69,72)/b26-23-,60-56+. The van der Waals surface area contributed by atoms with Gasteiger partial charge < -0.3 is 20.3 Å². The summed E-state index contributed by atoms with van der Waals surface area (Å²) in [5.41, 5.74) is 0. The highest BCUT2D eigenvalue weighted by Crippen LogP contribution is 2.18. The van der Waals surface area contributed by atoms with Crippen LogP contribution < -0.4 is 5.32 Å². The first kappa shape index (κ1) is 72.3. The summed E-state index contributed by atoms with van der Waals surface area (Å²) >= 11 is 0. The molecule has 2 unspecified atom stereocenters. The van der Waals surface area contributed by atoms with Crippen LogP contribution in [0.2, 0.25) is 0 Å². The number of nitrogens with one attached hydrogen (secondary N) is 1. The Morgan fingerprint density at radius 1 is 0.365 bits per heavy atom. The SMILES string of the molecule is CCCCCCCCCCCCCCCCCCC/C=C/C(O)C(CO)NC(=O)CCCCCCCCC/C=C\CCCCCCCCCCCOC(=O)CCCCCCCCCCCCCCCCCCCC. The smallest absolute Gasteiger partial charge is 0.305 e. The number of rotatable bonds is 63. The summed E-state index contributed by atoms with van der Waals surface area (Å²) in [6.07, 6.45) is 79.5. The van der Waals surface area contributed by atoms with E-state index in [1.807, 2.05) is 6.08 Å². The molecule has 1 amide bonds. The second kappa shape index (κ2) is 63.9. The molecule has 0 aliphatic heterocycles. The molecule has 0 bridgehead atoms. The van der Waals surface area contributed by atoms with Gasteiger partial charge in [0.25, 0.3) is 0 Å². The molecule has 6 nitrogen and oxygen atoms in total. The van der Waals surface area contributed by atoms with E-state index < -0.39 is 12.1 Å². The van der Waals surface area contributed by atoms with Crippen LogP contribution in [0.25, 0.3) is 0 Å². The molecule has 0 saturated heterocycles. The minimum Gasteiger partial charge on any atom is -0.466 e. The molecule has 0 radical (unpaired) electrons. The van der Waals surface area contributed by atoms with Crippen LogP contribution in [0.1, 0.15) is 373 Å². The number of aliphatic hydroxyl groups excluding tert-OH is 2. The van der Waals surface area contributed by atoms with Gasteiger partial charge in [0.15, 0.2) is 0 Å². The predicted molar refractivity (Wildman–Crippen MR) is 324 cm³/mol. The van der Waals surface area contributed by atoms with Crippen molar-refractivity contribution in [1.29, 1.82) is 0 Å². The number of hydrogen-bond donors (Lipinski definition) is 3. The Morgan fingerprint density at radius 3 is 0.959 bits per heavy atom. The summed E-state index contributed by atoms with van der Waals surface area (Å²) in [7, 11) is 0. The van der Waals surface area contributed by atoms with E-state index in [4.69, 9.17) is 4.74 Å². The van der Waals surface area contributed by atoms with Gasteiger partial charge in [-0.25, -0.2) is 0 Å². The molecule has 0 aromatic rings. The summed E-state index contributed by atoms with van der Waals surface area (Å²) in [6.45, 7) is 4.93. The maximum atomic E-state index is 12.5. The van der Waals surface area contributed by atoms with E-state index in [1.54, 1.807) is 6.08 Å². The van der Waals surface area contributed by atoms with Gasteiger partial charge >= 0.3 is 5.97 Å². The fraction of sp³-hybridized carbons (Fsp3) is 0.912. The van der Waals surface area contributed by atoms with Crippen LogP contribution >= 0.6 is 0 Å². The fourth-order valence-electron chi connectivity index (χ4n) is 10.6. The lowest BCUT2D eigenvalue weighted by atomic mass is 10.0. The minimum absolute atomic E-state index is 0.0106. The fourth-order valence-corrected chi connectivity index (χ4v) is 10.6. The molecule has 0 aliphatic carbocycles. The van der Waals surface area contributed by atoms with Crippen molar-refractivity contribution < 1.29 is 24.5 Å². The third-order valence-corrected chi connectivity index (χ3v) is 15.7. The first-order valence-electron chi connectivity index (χ1n) is 33.6. The van der Waals surface area contributed by atoms with Gasteiger partial charge in [0, 0.05) is 12.8 Å². The van der Waals surface area contributed by atoms with Crippen LogP contribution in [0, 0.1) is 0 Å². The van der Waals surface area contributed by atoms with Gasteiger partial charge in [-0.3, -0.25) is 9.59 Å². The second-order valence-electron chi connectivity index (χ2n) is 23.2. The molecule has 0 heterocycles. The zero-order chi connectivity index (χ0) is 53.6. The summed E-state index contributed by atoms with van der Waals surface area (Å²) in [4.78, 5) is 24.6. The Bertz CT molecular complexity index is 1150. The van der Waals surface area contributed by atoms with E-state index >= 15 is 0 Å². The van der Waals surface area contributed by atoms with Gasteiger partial charge in [0.1, 0.15) is 0 Å². The van der Waals surface area contributed by atoms with E-state index in [9.17, 15) is 19.8 Å². The highest BCUT2D eigenvalue weighted by atomic mass is 16.5. The molecule has 0 fully saturated rings. The second-order valence-corrected chi connectivity index (χ2v) is 23.2. The zero-order valence-corrected chi connectivity index (χ0v) is 50.1. The quantitative estimate of drug-likeness (QED) is 0.0320. The third kappa shape index (κ3) is 59.6. The van der Waals surface area contributed by atoms with Gasteiger partial charge in [-0.2, -0.15) is 0 Å². The maximum Gasteiger partial charge on any atom is 0.305 e. The molecule has 2 atom stereocenters. The van der Waals surface area contributed by atoms with Crippen LogP contribution in [0.5, 0.6) is 0 Å². The number of allylic oxidation sites excluding steroid dienone is 3. The lowest BCUT2D eigenvalue weighted by Crippen LogP contribution is -2.45. The first-order chi connectivity index (χ1) is 36.5. The van der Waals surface area contributed by atoms with Crippen molar-refractivity contribution in [2.75, 3.05) is 13.2 Å². The number of hydrogen-bond acceptors (Lipinski definition) is 5. The van der Waals surface area contributed by atoms with Crippen molar-refractivity contribution in [2.45, 2.75) is 386 Å². The van der Waals surface area contributed by atoms with Crippen LogP contribution in [-0.2, 0) is 14.3 Å². The van der Waals surface area contributed by atoms with Crippen molar-refractivity contribution >= 4 is 11.9 Å². The molecule has 6 heteroatoms. The van der Waals surface area contributed by atoms with E-state index in [0.29, 0.717) is 19.4 Å². The largest absolute Gasteiger partial charge is 0.466 e. The Kier molecular flexibility index (Phi) is 62.4. The molecule has 0 rings (SSSR count). The van der Waals surface area contributed by atoms with Gasteiger partial charge in [0.05, 0.1) is 25.4 Å². The number of esters is 1. The summed E-state index contributed by atoms with van der Waals surface area (Å²) in [6, 6.07) is -0.635. The molecule has 0 aromatic carbocycles. The number of aliphatic hydroxyl groups is 2. The third-order valence-electron chi connectivity index (χ3n) is 15.7. The van der Waals surface area contributed by atoms with Gasteiger partial charge in [0.2, 0.25) is 5.91 Å². The molecule has 0 spiro atoms. The Balaban J connectivity index is 3.43. The van der Waals surface area contributed by atoms with Crippen molar-refractivity contribution in [2.24, 2.45) is 0 Å². The molecule has 0 aliphatic rings. The predicted octanol–water partition coefficient (Wildman–Crippen LogP) is 21.4. The van der Waals surface area contributed by atoms with Crippen LogP contribution in [0.3, 0.4) is 0 Å². The van der Waals surface area contributed by atoms with E-state index in [-0.39, 0.29) is 18.5 Å². The first-order valence-corrected chi connectivity index (χ1v) is 33.6. The van der Waals surface area contributed by atoms with Crippen molar-refractivity contribution in [3.63, 3.8) is 0 Å². The summed E-state index contributed by atoms with van der Waals surface area (Å²) in [5.74, 6) is -0.0627. The number of carbonyl (C=O) groups excluding carboxylic acids is 2. The molecule has 0 saturated carbocycles. The van der Waals surface area contributed by atoms with Gasteiger partial charge in [-0.05, 0) is 57.8 Å². The number of amides is 1. The molecular weight excluding hydrogens is 911 g/mol. The Labute approximate surface area is 462 Å². The highest BCUT2D eigenvalue weighted by molar-refractivity contribution is 5.76. The number of ether oxygens (including phenoxy) is 1. The number of carbonyl (C=O) groups is 2. The normalized spacial score (nSPS) is 12.6. The lowest BCUT2D eigenvalue weighted by molar-refractivity contribution is -0.143. The minimum atomic E-state index is -0.850. The molecule has 74 heavy (non-hydrogen) atoms. The van der Waals surface area contributed by atoms with Gasteiger partial charge in [-0.1, -0.05) is 327 Å². The van der Waals surface area contributed by atoms with Crippen LogP contribution in [0.4, 0.5) is 0 Å². The molecular formula is C68H131NO5. The average Bonchev–Trinajstić information content (AvgIpc) is 3.40. The van der Waals surface area contributed by atoms with Crippen molar-refractivity contribution in [3.8, 4) is 0 Å². The molecule has 438 valence electrons. The summed E-state index contributed by atoms with van der Waals surface area (Å²) < 4.78 is 5.50. The Hall–Kier alpha value is -1.66. The van der Waals surface area contributed by atoms with Crippen LogP contribution in [0.15, 0.2) is 24.3 Å². The van der Waals surface area contributed by atoms with Gasteiger partial charge in [-0.15, -0.1) is 0 Å². The topological polar surface area (TPSA) is 95.9 Å². The Morgan fingerprint density at radius 2 is 0.635 bits per heavy atom. The molecule has 3 N–H and O–H groups in total. The van der Waals surface area contributed by atoms with Crippen LogP contribution in [-0.4, -0.2) is 47.4 Å². The average molecular weight is 1040 g/mol. The monoisotopic (exact) mass is 1040 g/mol. The van der Waals surface area contributed by atoms with E-state index in [1.165, 1.54) is 302 Å². The molecule has 0 aromatic heterocycles. The van der Waals surface area contributed by atoms with Crippen molar-refractivity contribution in [3.05, 3.63) is 24.3 Å². The van der Waals surface area contributed by atoms with E-state index in [2.05, 4.69) is 31.3 Å². The number of unbranched alkanes of at least 4 members (excludes halogenated alkanes) is 50. The lowest BCUT2D eigenvalue weighted by Gasteiger charge is -2.20. The highest BCUT2D eigenvalue weighted by Gasteiger charge is 2.18. The van der Waals surface area contributed by atoms with E-state index in [0.717, 1.165) is 44.9 Å². The summed E-state index contributed by atoms with van der Waals surface area (Å²) in [5, 5.41) is 23.2. The zero-order valence-electron chi connectivity index (χ0n) is 50.1.